The molecule has 0 bridgehead atoms. The lowest BCUT2D eigenvalue weighted by Crippen LogP contribution is -2.00. The minimum atomic E-state index is 0.641. The summed E-state index contributed by atoms with van der Waals surface area (Å²) in [6.45, 7) is 0. The van der Waals surface area contributed by atoms with Gasteiger partial charge in [-0.1, -0.05) is 133 Å². The molecule has 0 aliphatic heterocycles. The van der Waals surface area contributed by atoms with Crippen molar-refractivity contribution in [2.75, 3.05) is 0 Å². The first-order chi connectivity index (χ1) is 28.7. The van der Waals surface area contributed by atoms with Gasteiger partial charge in [-0.05, 0) is 93.3 Å². The molecule has 0 N–H and O–H groups in total. The smallest absolute Gasteiger partial charge is 0.164 e. The second-order valence-corrected chi connectivity index (χ2v) is 15.9. The van der Waals surface area contributed by atoms with Crippen molar-refractivity contribution in [1.29, 1.82) is 0 Å². The van der Waals surface area contributed by atoms with Crippen molar-refractivity contribution in [3.05, 3.63) is 194 Å². The van der Waals surface area contributed by atoms with Crippen molar-refractivity contribution in [3.8, 4) is 51.0 Å². The molecule has 270 valence electrons. The second kappa shape index (κ2) is 13.1. The van der Waals surface area contributed by atoms with Gasteiger partial charge < -0.3 is 4.57 Å². The zero-order chi connectivity index (χ0) is 38.2. The van der Waals surface area contributed by atoms with Gasteiger partial charge in [0, 0.05) is 53.3 Å². The zero-order valence-electron chi connectivity index (χ0n) is 31.2. The van der Waals surface area contributed by atoms with Crippen LogP contribution in [0.2, 0.25) is 0 Å². The molecule has 0 aliphatic rings. The monoisotopic (exact) mass is 756 g/mol. The number of fused-ring (bicyclic) bond motifs is 9. The molecule has 0 unspecified atom stereocenters. The summed E-state index contributed by atoms with van der Waals surface area (Å²) in [4.78, 5) is 15.2. The lowest BCUT2D eigenvalue weighted by molar-refractivity contribution is 1.07. The standard InChI is InChI=1S/C53H32N4S/c1-2-12-35(13-3-1)51-54-52(56-53(55-51)40-24-28-49-44(31-40)43-19-8-9-20-48(43)58-49)39-17-10-16-36(29-39)33-21-25-41(26-22-33)57-46-27-23-34-11-6-7-18-42(34)50(46)45-30-37-14-4-5-15-38(37)32-47(45)57/h1-32H. The first kappa shape index (κ1) is 32.7. The fourth-order valence-electron chi connectivity index (χ4n) is 8.61. The van der Waals surface area contributed by atoms with E-state index in [0.717, 1.165) is 33.5 Å². The van der Waals surface area contributed by atoms with Gasteiger partial charge in [0.05, 0.1) is 11.0 Å². The van der Waals surface area contributed by atoms with Gasteiger partial charge in [-0.15, -0.1) is 11.3 Å². The third-order valence-corrected chi connectivity index (χ3v) is 12.6. The summed E-state index contributed by atoms with van der Waals surface area (Å²) in [6.07, 6.45) is 0. The highest BCUT2D eigenvalue weighted by Crippen LogP contribution is 2.40. The van der Waals surface area contributed by atoms with E-state index < -0.39 is 0 Å². The Hall–Kier alpha value is -7.47. The number of rotatable bonds is 5. The van der Waals surface area contributed by atoms with E-state index in [-0.39, 0.29) is 0 Å². The number of hydrogen-bond donors (Lipinski definition) is 0. The van der Waals surface area contributed by atoms with Gasteiger partial charge in [-0.3, -0.25) is 0 Å². The summed E-state index contributed by atoms with van der Waals surface area (Å²) in [5, 5.41) is 10.0. The molecule has 5 heteroatoms. The fraction of sp³-hybridized carbons (Fsp3) is 0. The molecule has 0 fully saturated rings. The van der Waals surface area contributed by atoms with E-state index in [9.17, 15) is 0 Å². The van der Waals surface area contributed by atoms with Crippen LogP contribution >= 0.6 is 11.3 Å². The Morgan fingerprint density at radius 1 is 0.328 bits per heavy atom. The molecule has 3 heterocycles. The van der Waals surface area contributed by atoms with Gasteiger partial charge >= 0.3 is 0 Å². The molecule has 58 heavy (non-hydrogen) atoms. The van der Waals surface area contributed by atoms with Crippen LogP contribution < -0.4 is 0 Å². The number of benzene rings is 9. The number of aromatic nitrogens is 4. The number of hydrogen-bond acceptors (Lipinski definition) is 4. The van der Waals surface area contributed by atoms with Crippen molar-refractivity contribution >= 4 is 74.9 Å². The highest BCUT2D eigenvalue weighted by atomic mass is 32.1. The van der Waals surface area contributed by atoms with Gasteiger partial charge in [0.2, 0.25) is 0 Å². The molecule has 0 amide bonds. The summed E-state index contributed by atoms with van der Waals surface area (Å²) < 4.78 is 4.94. The fourth-order valence-corrected chi connectivity index (χ4v) is 9.69. The minimum Gasteiger partial charge on any atom is -0.309 e. The molecule has 0 radical (unpaired) electrons. The molecule has 0 atom stereocenters. The van der Waals surface area contributed by atoms with E-state index in [1.54, 1.807) is 0 Å². The van der Waals surface area contributed by atoms with Crippen LogP contribution in [-0.2, 0) is 0 Å². The maximum absolute atomic E-state index is 5.13. The van der Waals surface area contributed by atoms with Crippen LogP contribution in [-0.4, -0.2) is 19.5 Å². The van der Waals surface area contributed by atoms with Gasteiger partial charge in [-0.2, -0.15) is 0 Å². The van der Waals surface area contributed by atoms with Crippen LogP contribution in [0.5, 0.6) is 0 Å². The predicted octanol–water partition coefficient (Wildman–Crippen LogP) is 14.3. The van der Waals surface area contributed by atoms with Crippen molar-refractivity contribution < 1.29 is 0 Å². The van der Waals surface area contributed by atoms with Gasteiger partial charge in [0.1, 0.15) is 0 Å². The molecule has 0 saturated carbocycles. The topological polar surface area (TPSA) is 43.6 Å². The average Bonchev–Trinajstić information content (AvgIpc) is 3.83. The number of nitrogens with zero attached hydrogens (tertiary/aromatic N) is 4. The molecule has 4 nitrogen and oxygen atoms in total. The predicted molar refractivity (Wildman–Crippen MR) is 244 cm³/mol. The van der Waals surface area contributed by atoms with Crippen LogP contribution in [0.15, 0.2) is 194 Å². The summed E-state index contributed by atoms with van der Waals surface area (Å²) >= 11 is 1.81. The Morgan fingerprint density at radius 2 is 0.931 bits per heavy atom. The summed E-state index contributed by atoms with van der Waals surface area (Å²) in [5.41, 5.74) is 8.59. The van der Waals surface area contributed by atoms with Gasteiger partial charge in [0.15, 0.2) is 17.5 Å². The molecule has 3 aromatic heterocycles. The van der Waals surface area contributed by atoms with E-state index in [2.05, 4.69) is 180 Å². The summed E-state index contributed by atoms with van der Waals surface area (Å²) in [7, 11) is 0. The van der Waals surface area contributed by atoms with Crippen LogP contribution in [0.25, 0.3) is 115 Å². The maximum Gasteiger partial charge on any atom is 0.164 e. The molecule has 0 aliphatic carbocycles. The molecule has 0 spiro atoms. The van der Waals surface area contributed by atoms with E-state index in [4.69, 9.17) is 15.0 Å². The normalized spacial score (nSPS) is 11.8. The van der Waals surface area contributed by atoms with E-state index in [0.29, 0.717) is 17.5 Å². The molecule has 12 rings (SSSR count). The Bertz CT molecular complexity index is 3560. The SMILES string of the molecule is c1ccc(-c2nc(-c3cccc(-c4ccc(-n5c6cc7ccccc7cc6c6c7ccccc7ccc65)cc4)c3)nc(-c3ccc4sc5ccccc5c4c3)n2)cc1. The molecule has 0 saturated heterocycles. The highest BCUT2D eigenvalue weighted by Gasteiger charge is 2.18. The largest absolute Gasteiger partial charge is 0.309 e. The maximum atomic E-state index is 5.13. The third-order valence-electron chi connectivity index (χ3n) is 11.4. The Labute approximate surface area is 338 Å². The first-order valence-electron chi connectivity index (χ1n) is 19.5. The van der Waals surface area contributed by atoms with Gasteiger partial charge in [-0.25, -0.2) is 15.0 Å². The minimum absolute atomic E-state index is 0.641. The molecular formula is C53H32N4S. The van der Waals surface area contributed by atoms with Crippen LogP contribution in [0, 0.1) is 0 Å². The quantitative estimate of drug-likeness (QED) is 0.176. The van der Waals surface area contributed by atoms with Crippen LogP contribution in [0.4, 0.5) is 0 Å². The van der Waals surface area contributed by atoms with Crippen molar-refractivity contribution in [1.82, 2.24) is 19.5 Å². The van der Waals surface area contributed by atoms with E-state index in [1.807, 2.05) is 29.5 Å². The van der Waals surface area contributed by atoms with Gasteiger partial charge in [0.25, 0.3) is 0 Å². The zero-order valence-corrected chi connectivity index (χ0v) is 32.0. The lowest BCUT2D eigenvalue weighted by atomic mass is 10.0. The highest BCUT2D eigenvalue weighted by molar-refractivity contribution is 7.25. The Morgan fingerprint density at radius 3 is 1.74 bits per heavy atom. The Kier molecular flexibility index (Phi) is 7.37. The summed E-state index contributed by atoms with van der Waals surface area (Å²) in [5.74, 6) is 1.95. The second-order valence-electron chi connectivity index (χ2n) is 14.8. The number of thiophene rings is 1. The summed E-state index contributed by atoms with van der Waals surface area (Å²) in [6, 6.07) is 69.3. The third kappa shape index (κ3) is 5.32. The van der Waals surface area contributed by atoms with E-state index in [1.165, 1.54) is 63.5 Å². The lowest BCUT2D eigenvalue weighted by Gasteiger charge is -2.11. The van der Waals surface area contributed by atoms with Crippen molar-refractivity contribution in [3.63, 3.8) is 0 Å². The molecule has 12 aromatic rings. The molecule has 9 aromatic carbocycles. The average molecular weight is 757 g/mol. The van der Waals surface area contributed by atoms with E-state index >= 15 is 0 Å². The van der Waals surface area contributed by atoms with Crippen LogP contribution in [0.1, 0.15) is 0 Å². The van der Waals surface area contributed by atoms with Crippen LogP contribution in [0.3, 0.4) is 0 Å². The first-order valence-corrected chi connectivity index (χ1v) is 20.3. The van der Waals surface area contributed by atoms with Crippen molar-refractivity contribution in [2.45, 2.75) is 0 Å². The molecular weight excluding hydrogens is 725 g/mol. The Balaban J connectivity index is 0.967. The van der Waals surface area contributed by atoms with Crippen molar-refractivity contribution in [2.24, 2.45) is 0 Å².